The van der Waals surface area contributed by atoms with Gasteiger partial charge in [-0.3, -0.25) is 0 Å². The minimum atomic E-state index is 0.233. The van der Waals surface area contributed by atoms with E-state index in [0.29, 0.717) is 11.8 Å². The first kappa shape index (κ1) is 14.0. The van der Waals surface area contributed by atoms with Gasteiger partial charge in [0.1, 0.15) is 5.75 Å². The van der Waals surface area contributed by atoms with Crippen molar-refractivity contribution in [1.82, 2.24) is 0 Å². The standard InChI is InChI=1S/C15H24O2/c1-5-12-6-7-15(17-4)13(8-12)9-14(10-16)11(2)3/h6-8,11,14,16H,5,9-10H2,1-4H3. The summed E-state index contributed by atoms with van der Waals surface area (Å²) in [5.41, 5.74) is 2.53. The average molecular weight is 236 g/mol. The fourth-order valence-corrected chi connectivity index (χ4v) is 2.00. The van der Waals surface area contributed by atoms with Crippen LogP contribution in [-0.2, 0) is 12.8 Å². The number of methoxy groups -OCH3 is 1. The van der Waals surface area contributed by atoms with Crippen LogP contribution in [0.15, 0.2) is 18.2 Å². The zero-order valence-electron chi connectivity index (χ0n) is 11.4. The Kier molecular flexibility index (Phi) is 5.49. The van der Waals surface area contributed by atoms with Crippen LogP contribution in [0.4, 0.5) is 0 Å². The number of ether oxygens (including phenoxy) is 1. The first-order valence-electron chi connectivity index (χ1n) is 6.39. The van der Waals surface area contributed by atoms with E-state index in [0.717, 1.165) is 18.6 Å². The van der Waals surface area contributed by atoms with Gasteiger partial charge in [0.15, 0.2) is 0 Å². The molecule has 1 rings (SSSR count). The van der Waals surface area contributed by atoms with Gasteiger partial charge in [-0.1, -0.05) is 32.9 Å². The van der Waals surface area contributed by atoms with Crippen LogP contribution in [0.2, 0.25) is 0 Å². The highest BCUT2D eigenvalue weighted by Gasteiger charge is 2.15. The van der Waals surface area contributed by atoms with Gasteiger partial charge in [-0.05, 0) is 41.9 Å². The third-order valence-electron chi connectivity index (χ3n) is 3.41. The summed E-state index contributed by atoms with van der Waals surface area (Å²) in [5, 5.41) is 9.41. The molecule has 0 aromatic heterocycles. The van der Waals surface area contributed by atoms with Crippen molar-refractivity contribution in [3.8, 4) is 5.75 Å². The molecule has 0 aliphatic carbocycles. The number of benzene rings is 1. The highest BCUT2D eigenvalue weighted by molar-refractivity contribution is 5.37. The molecule has 0 radical (unpaired) electrons. The number of hydrogen-bond donors (Lipinski definition) is 1. The number of hydrogen-bond acceptors (Lipinski definition) is 2. The van der Waals surface area contributed by atoms with Crippen LogP contribution in [0.5, 0.6) is 5.75 Å². The maximum atomic E-state index is 9.41. The Hall–Kier alpha value is -1.02. The quantitative estimate of drug-likeness (QED) is 0.822. The molecule has 0 spiro atoms. The third kappa shape index (κ3) is 3.74. The van der Waals surface area contributed by atoms with Gasteiger partial charge in [-0.25, -0.2) is 0 Å². The van der Waals surface area contributed by atoms with E-state index < -0.39 is 0 Å². The number of aryl methyl sites for hydroxylation is 1. The molecule has 17 heavy (non-hydrogen) atoms. The Morgan fingerprint density at radius 2 is 2.00 bits per heavy atom. The van der Waals surface area contributed by atoms with Gasteiger partial charge in [0.05, 0.1) is 7.11 Å². The molecule has 0 saturated carbocycles. The third-order valence-corrected chi connectivity index (χ3v) is 3.41. The summed E-state index contributed by atoms with van der Waals surface area (Å²) < 4.78 is 5.39. The average Bonchev–Trinajstić information content (AvgIpc) is 2.35. The van der Waals surface area contributed by atoms with Crippen molar-refractivity contribution in [2.45, 2.75) is 33.6 Å². The second-order valence-electron chi connectivity index (χ2n) is 4.89. The normalized spacial score (nSPS) is 12.8. The van der Waals surface area contributed by atoms with Crippen LogP contribution >= 0.6 is 0 Å². The van der Waals surface area contributed by atoms with E-state index in [-0.39, 0.29) is 6.61 Å². The Bertz CT molecular complexity index is 345. The molecule has 0 saturated heterocycles. The van der Waals surface area contributed by atoms with Crippen molar-refractivity contribution in [2.75, 3.05) is 13.7 Å². The zero-order chi connectivity index (χ0) is 12.8. The van der Waals surface area contributed by atoms with Gasteiger partial charge in [0.2, 0.25) is 0 Å². The lowest BCUT2D eigenvalue weighted by atomic mass is 9.89. The molecule has 0 heterocycles. The fourth-order valence-electron chi connectivity index (χ4n) is 2.00. The van der Waals surface area contributed by atoms with Crippen LogP contribution in [0.3, 0.4) is 0 Å². The smallest absolute Gasteiger partial charge is 0.122 e. The molecule has 1 N–H and O–H groups in total. The van der Waals surface area contributed by atoms with Gasteiger partial charge >= 0.3 is 0 Å². The lowest BCUT2D eigenvalue weighted by Gasteiger charge is -2.20. The maximum absolute atomic E-state index is 9.41. The minimum absolute atomic E-state index is 0.233. The number of aliphatic hydroxyl groups excluding tert-OH is 1. The summed E-state index contributed by atoms with van der Waals surface area (Å²) in [7, 11) is 1.70. The Morgan fingerprint density at radius 3 is 2.47 bits per heavy atom. The molecule has 96 valence electrons. The second kappa shape index (κ2) is 6.65. The van der Waals surface area contributed by atoms with Gasteiger partial charge in [-0.15, -0.1) is 0 Å². The molecule has 0 aliphatic rings. The van der Waals surface area contributed by atoms with Gasteiger partial charge in [0.25, 0.3) is 0 Å². The predicted molar refractivity (Wildman–Crippen MR) is 71.5 cm³/mol. The summed E-state index contributed by atoms with van der Waals surface area (Å²) >= 11 is 0. The van der Waals surface area contributed by atoms with Crippen LogP contribution < -0.4 is 4.74 Å². The van der Waals surface area contributed by atoms with Crippen molar-refractivity contribution < 1.29 is 9.84 Å². The van der Waals surface area contributed by atoms with E-state index in [1.807, 2.05) is 6.07 Å². The summed E-state index contributed by atoms with van der Waals surface area (Å²) in [6, 6.07) is 6.33. The topological polar surface area (TPSA) is 29.5 Å². The zero-order valence-corrected chi connectivity index (χ0v) is 11.4. The Balaban J connectivity index is 2.93. The molecule has 1 atom stereocenters. The number of aliphatic hydroxyl groups is 1. The first-order valence-corrected chi connectivity index (χ1v) is 6.39. The maximum Gasteiger partial charge on any atom is 0.122 e. The highest BCUT2D eigenvalue weighted by Crippen LogP contribution is 2.25. The molecular weight excluding hydrogens is 212 g/mol. The predicted octanol–water partition coefficient (Wildman–Crippen LogP) is 3.06. The monoisotopic (exact) mass is 236 g/mol. The van der Waals surface area contributed by atoms with E-state index in [4.69, 9.17) is 4.74 Å². The molecule has 1 aromatic carbocycles. The van der Waals surface area contributed by atoms with Crippen molar-refractivity contribution in [3.05, 3.63) is 29.3 Å². The van der Waals surface area contributed by atoms with Crippen molar-refractivity contribution in [3.63, 3.8) is 0 Å². The second-order valence-corrected chi connectivity index (χ2v) is 4.89. The summed E-state index contributed by atoms with van der Waals surface area (Å²) in [5.74, 6) is 1.72. The molecular formula is C15H24O2. The lowest BCUT2D eigenvalue weighted by Crippen LogP contribution is -2.16. The largest absolute Gasteiger partial charge is 0.496 e. The van der Waals surface area contributed by atoms with E-state index in [1.54, 1.807) is 7.11 Å². The summed E-state index contributed by atoms with van der Waals surface area (Å²) in [6.45, 7) is 6.68. The Morgan fingerprint density at radius 1 is 1.29 bits per heavy atom. The number of rotatable bonds is 6. The molecule has 2 heteroatoms. The van der Waals surface area contributed by atoms with Crippen molar-refractivity contribution in [2.24, 2.45) is 11.8 Å². The van der Waals surface area contributed by atoms with Crippen molar-refractivity contribution in [1.29, 1.82) is 0 Å². The molecule has 0 amide bonds. The summed E-state index contributed by atoms with van der Waals surface area (Å²) in [6.07, 6.45) is 1.91. The molecule has 1 unspecified atom stereocenters. The van der Waals surface area contributed by atoms with Crippen LogP contribution in [0, 0.1) is 11.8 Å². The van der Waals surface area contributed by atoms with Gasteiger partial charge < -0.3 is 9.84 Å². The Labute approximate surface area is 105 Å². The minimum Gasteiger partial charge on any atom is -0.496 e. The van der Waals surface area contributed by atoms with E-state index >= 15 is 0 Å². The van der Waals surface area contributed by atoms with Crippen LogP contribution in [0.25, 0.3) is 0 Å². The van der Waals surface area contributed by atoms with Crippen LogP contribution in [-0.4, -0.2) is 18.8 Å². The van der Waals surface area contributed by atoms with Crippen molar-refractivity contribution >= 4 is 0 Å². The summed E-state index contributed by atoms with van der Waals surface area (Å²) in [4.78, 5) is 0. The lowest BCUT2D eigenvalue weighted by molar-refractivity contribution is 0.188. The van der Waals surface area contributed by atoms with E-state index in [2.05, 4.69) is 32.9 Å². The van der Waals surface area contributed by atoms with E-state index in [9.17, 15) is 5.11 Å². The first-order chi connectivity index (χ1) is 8.12. The van der Waals surface area contributed by atoms with Gasteiger partial charge in [0, 0.05) is 6.61 Å². The fraction of sp³-hybridized carbons (Fsp3) is 0.600. The van der Waals surface area contributed by atoms with Crippen LogP contribution in [0.1, 0.15) is 31.9 Å². The van der Waals surface area contributed by atoms with E-state index in [1.165, 1.54) is 11.1 Å². The molecule has 0 bridgehead atoms. The highest BCUT2D eigenvalue weighted by atomic mass is 16.5. The molecule has 0 fully saturated rings. The van der Waals surface area contributed by atoms with Gasteiger partial charge in [-0.2, -0.15) is 0 Å². The molecule has 2 nitrogen and oxygen atoms in total. The molecule has 0 aliphatic heterocycles. The molecule has 1 aromatic rings. The SMILES string of the molecule is CCc1ccc(OC)c(CC(CO)C(C)C)c1.